The molecule has 0 fully saturated rings. The molecule has 6 heteroatoms. The van der Waals surface area contributed by atoms with Crippen LogP contribution >= 0.6 is 11.6 Å². The van der Waals surface area contributed by atoms with Crippen molar-refractivity contribution in [2.45, 2.75) is 24.9 Å². The molecule has 166 valence electrons. The summed E-state index contributed by atoms with van der Waals surface area (Å²) in [6.45, 7) is 0. The molecule has 33 heavy (non-hydrogen) atoms. The quantitative estimate of drug-likeness (QED) is 0.484. The van der Waals surface area contributed by atoms with Gasteiger partial charge in [-0.25, -0.2) is 4.39 Å². The predicted molar refractivity (Wildman–Crippen MR) is 132 cm³/mol. The van der Waals surface area contributed by atoms with Crippen LogP contribution in [-0.4, -0.2) is 29.9 Å². The third kappa shape index (κ3) is 4.55. The number of methoxy groups -OCH3 is 1. The molecule has 0 saturated heterocycles. The fourth-order valence-electron chi connectivity index (χ4n) is 4.38. The zero-order valence-electron chi connectivity index (χ0n) is 18.1. The minimum atomic E-state index is -0.329. The summed E-state index contributed by atoms with van der Waals surface area (Å²) in [6, 6.07) is 16.2. The second-order valence-electron chi connectivity index (χ2n) is 8.13. The first-order valence-corrected chi connectivity index (χ1v) is 11.2. The molecule has 0 saturated carbocycles. The summed E-state index contributed by atoms with van der Waals surface area (Å²) in [5.74, 6) is 0.487. The smallest absolute Gasteiger partial charge is 0.125 e. The molecule has 0 amide bonds. The van der Waals surface area contributed by atoms with Gasteiger partial charge in [-0.3, -0.25) is 9.98 Å². The number of anilines is 1. The number of halogens is 2. The SMILES string of the molecule is COc1cccc(C2=CCC3N=C(c4cccnc4)CC(Nc4cc(F)ccc4Cl)C3=C2)c1. The average molecular weight is 460 g/mol. The van der Waals surface area contributed by atoms with Crippen molar-refractivity contribution in [3.63, 3.8) is 0 Å². The van der Waals surface area contributed by atoms with E-state index >= 15 is 0 Å². The van der Waals surface area contributed by atoms with Crippen molar-refractivity contribution in [1.29, 1.82) is 0 Å². The van der Waals surface area contributed by atoms with Crippen LogP contribution in [0.1, 0.15) is 24.0 Å². The minimum Gasteiger partial charge on any atom is -0.497 e. The fraction of sp³-hybridized carbons (Fsp3) is 0.185. The lowest BCUT2D eigenvalue weighted by atomic mass is 9.82. The van der Waals surface area contributed by atoms with E-state index in [1.165, 1.54) is 12.1 Å². The number of aliphatic imine (C=N–C) groups is 1. The fourth-order valence-corrected chi connectivity index (χ4v) is 4.55. The van der Waals surface area contributed by atoms with Gasteiger partial charge in [-0.2, -0.15) is 0 Å². The van der Waals surface area contributed by atoms with Crippen LogP contribution in [0.15, 0.2) is 89.7 Å². The van der Waals surface area contributed by atoms with Crippen molar-refractivity contribution < 1.29 is 9.13 Å². The summed E-state index contributed by atoms with van der Waals surface area (Å²) in [4.78, 5) is 9.32. The molecule has 2 aromatic carbocycles. The molecular weight excluding hydrogens is 437 g/mol. The molecule has 0 spiro atoms. The summed E-state index contributed by atoms with van der Waals surface area (Å²) < 4.78 is 19.4. The molecule has 5 rings (SSSR count). The van der Waals surface area contributed by atoms with Gasteiger partial charge in [0.15, 0.2) is 0 Å². The van der Waals surface area contributed by atoms with E-state index < -0.39 is 0 Å². The maximum absolute atomic E-state index is 14.0. The second kappa shape index (κ2) is 9.20. The first kappa shape index (κ1) is 21.4. The van der Waals surface area contributed by atoms with E-state index in [0.29, 0.717) is 17.1 Å². The third-order valence-electron chi connectivity index (χ3n) is 6.04. The highest BCUT2D eigenvalue weighted by Crippen LogP contribution is 2.36. The zero-order valence-corrected chi connectivity index (χ0v) is 18.9. The maximum Gasteiger partial charge on any atom is 0.125 e. The van der Waals surface area contributed by atoms with Crippen LogP contribution < -0.4 is 10.1 Å². The van der Waals surface area contributed by atoms with Crippen molar-refractivity contribution in [3.8, 4) is 5.75 Å². The lowest BCUT2D eigenvalue weighted by Crippen LogP contribution is -2.36. The van der Waals surface area contributed by atoms with Gasteiger partial charge >= 0.3 is 0 Å². The number of hydrogen-bond acceptors (Lipinski definition) is 4. The number of allylic oxidation sites excluding steroid dienone is 2. The zero-order chi connectivity index (χ0) is 22.8. The molecule has 2 aliphatic rings. The topological polar surface area (TPSA) is 46.5 Å². The van der Waals surface area contributed by atoms with E-state index in [1.807, 2.05) is 36.5 Å². The Labute approximate surface area is 197 Å². The summed E-state index contributed by atoms with van der Waals surface area (Å²) in [6.07, 6.45) is 9.41. The van der Waals surface area contributed by atoms with Gasteiger partial charge in [-0.05, 0) is 59.5 Å². The van der Waals surface area contributed by atoms with Crippen molar-refractivity contribution in [1.82, 2.24) is 4.98 Å². The Bertz CT molecular complexity index is 1270. The van der Waals surface area contributed by atoms with Crippen LogP contribution in [0, 0.1) is 5.82 Å². The Balaban J connectivity index is 1.54. The van der Waals surface area contributed by atoms with Crippen molar-refractivity contribution >= 4 is 28.6 Å². The Morgan fingerprint density at radius 3 is 2.79 bits per heavy atom. The van der Waals surface area contributed by atoms with Gasteiger partial charge in [0, 0.05) is 30.1 Å². The molecule has 2 unspecified atom stereocenters. The Morgan fingerprint density at radius 1 is 1.09 bits per heavy atom. The molecule has 1 aromatic heterocycles. The van der Waals surface area contributed by atoms with Gasteiger partial charge < -0.3 is 10.1 Å². The highest BCUT2D eigenvalue weighted by Gasteiger charge is 2.32. The summed E-state index contributed by atoms with van der Waals surface area (Å²) in [5, 5.41) is 3.97. The van der Waals surface area contributed by atoms with Crippen molar-refractivity contribution in [2.24, 2.45) is 4.99 Å². The van der Waals surface area contributed by atoms with E-state index in [9.17, 15) is 4.39 Å². The number of ether oxygens (including phenoxy) is 1. The number of fused-ring (bicyclic) bond motifs is 1. The highest BCUT2D eigenvalue weighted by molar-refractivity contribution is 6.33. The molecule has 1 aliphatic carbocycles. The molecule has 1 N–H and O–H groups in total. The van der Waals surface area contributed by atoms with Crippen molar-refractivity contribution in [2.75, 3.05) is 12.4 Å². The van der Waals surface area contributed by atoms with Crippen LogP contribution in [0.5, 0.6) is 5.75 Å². The van der Waals surface area contributed by atoms with Crippen LogP contribution in [0.25, 0.3) is 5.57 Å². The van der Waals surface area contributed by atoms with Gasteiger partial charge in [-0.1, -0.05) is 42.0 Å². The Morgan fingerprint density at radius 2 is 1.97 bits per heavy atom. The first-order valence-electron chi connectivity index (χ1n) is 10.9. The lowest BCUT2D eigenvalue weighted by Gasteiger charge is -2.34. The van der Waals surface area contributed by atoms with E-state index in [2.05, 4.69) is 28.5 Å². The van der Waals surface area contributed by atoms with Crippen molar-refractivity contribution in [3.05, 3.63) is 107 Å². The number of hydrogen-bond donors (Lipinski definition) is 1. The normalized spacial score (nSPS) is 19.7. The number of benzene rings is 2. The number of pyridine rings is 1. The van der Waals surface area contributed by atoms with Gasteiger partial charge in [0.2, 0.25) is 0 Å². The summed E-state index contributed by atoms with van der Waals surface area (Å²) >= 11 is 6.39. The van der Waals surface area contributed by atoms with E-state index in [0.717, 1.165) is 40.2 Å². The van der Waals surface area contributed by atoms with Gasteiger partial charge in [0.1, 0.15) is 11.6 Å². The molecule has 0 radical (unpaired) electrons. The standard InChI is InChI=1S/C27H23ClFN3O/c1-33-21-6-2-4-17(12-21)18-7-10-24-22(13-18)26(32-27-14-20(29)8-9-23(27)28)15-25(31-24)19-5-3-11-30-16-19/h2-9,11-14,16,24,26,32H,10,15H2,1H3. The average Bonchev–Trinajstić information content (AvgIpc) is 2.86. The predicted octanol–water partition coefficient (Wildman–Crippen LogP) is 6.34. The van der Waals surface area contributed by atoms with E-state index in [4.69, 9.17) is 21.3 Å². The van der Waals surface area contributed by atoms with E-state index in [-0.39, 0.29) is 17.9 Å². The van der Waals surface area contributed by atoms with Gasteiger partial charge in [0.25, 0.3) is 0 Å². The Kier molecular flexibility index (Phi) is 5.97. The monoisotopic (exact) mass is 459 g/mol. The third-order valence-corrected chi connectivity index (χ3v) is 6.37. The molecule has 2 heterocycles. The van der Waals surface area contributed by atoms with Crippen LogP contribution in [-0.2, 0) is 0 Å². The number of nitrogens with zero attached hydrogens (tertiary/aromatic N) is 2. The number of rotatable bonds is 5. The molecule has 1 aliphatic heterocycles. The molecular formula is C27H23ClFN3O. The van der Waals surface area contributed by atoms with Crippen LogP contribution in [0.2, 0.25) is 5.02 Å². The first-order chi connectivity index (χ1) is 16.1. The number of aromatic nitrogens is 1. The second-order valence-corrected chi connectivity index (χ2v) is 8.54. The van der Waals surface area contributed by atoms with Gasteiger partial charge in [0.05, 0.1) is 29.9 Å². The minimum absolute atomic E-state index is 0.00634. The van der Waals surface area contributed by atoms with Gasteiger partial charge in [-0.15, -0.1) is 0 Å². The van der Waals surface area contributed by atoms with Crippen LogP contribution in [0.4, 0.5) is 10.1 Å². The largest absolute Gasteiger partial charge is 0.497 e. The molecule has 0 bridgehead atoms. The van der Waals surface area contributed by atoms with E-state index in [1.54, 1.807) is 19.4 Å². The molecule has 3 aromatic rings. The summed E-state index contributed by atoms with van der Waals surface area (Å²) in [7, 11) is 1.67. The molecule has 2 atom stereocenters. The lowest BCUT2D eigenvalue weighted by molar-refractivity contribution is 0.414. The van der Waals surface area contributed by atoms with Crippen LogP contribution in [0.3, 0.4) is 0 Å². The number of nitrogens with one attached hydrogen (secondary N) is 1. The maximum atomic E-state index is 14.0. The highest BCUT2D eigenvalue weighted by atomic mass is 35.5. The molecule has 4 nitrogen and oxygen atoms in total. The summed E-state index contributed by atoms with van der Waals surface area (Å²) in [5.41, 5.74) is 5.92. The Hall–Kier alpha value is -3.44.